The van der Waals surface area contributed by atoms with Crippen LogP contribution in [0.15, 0.2) is 48.5 Å². The van der Waals surface area contributed by atoms with Gasteiger partial charge in [0.2, 0.25) is 0 Å². The summed E-state index contributed by atoms with van der Waals surface area (Å²) in [5.41, 5.74) is 4.33. The molecule has 4 nitrogen and oxygen atoms in total. The topological polar surface area (TPSA) is 43.8 Å². The Balaban J connectivity index is 1.67. The molecule has 0 unspecified atom stereocenters. The van der Waals surface area contributed by atoms with E-state index in [2.05, 4.69) is 45.0 Å². The summed E-state index contributed by atoms with van der Waals surface area (Å²) in [6.45, 7) is 8.67. The number of rotatable bonds is 4. The van der Waals surface area contributed by atoms with E-state index in [1.807, 2.05) is 29.2 Å². The van der Waals surface area contributed by atoms with Crippen LogP contribution in [0.1, 0.15) is 37.5 Å². The van der Waals surface area contributed by atoms with E-state index in [0.29, 0.717) is 13.1 Å². The van der Waals surface area contributed by atoms with Gasteiger partial charge >= 0.3 is 6.03 Å². The molecule has 0 aromatic heterocycles. The van der Waals surface area contributed by atoms with Gasteiger partial charge in [0.15, 0.2) is 0 Å². The highest BCUT2D eigenvalue weighted by Crippen LogP contribution is 2.25. The SMILES string of the molecule is CC(C)(C)c1ccc(CN2CCN(c3ccc(CO)cc3)C2=O)cc1. The number of hydrogen-bond donors (Lipinski definition) is 1. The average molecular weight is 338 g/mol. The normalized spacial score (nSPS) is 15.1. The molecule has 0 spiro atoms. The van der Waals surface area contributed by atoms with E-state index in [9.17, 15) is 4.79 Å². The number of anilines is 1. The second-order valence-corrected chi connectivity index (χ2v) is 7.63. The Morgan fingerprint density at radius 3 is 2.08 bits per heavy atom. The Labute approximate surface area is 149 Å². The fourth-order valence-electron chi connectivity index (χ4n) is 3.08. The predicted molar refractivity (Wildman–Crippen MR) is 101 cm³/mol. The van der Waals surface area contributed by atoms with Gasteiger partial charge in [-0.25, -0.2) is 4.79 Å². The summed E-state index contributed by atoms with van der Waals surface area (Å²) in [7, 11) is 0. The highest BCUT2D eigenvalue weighted by Gasteiger charge is 2.29. The fraction of sp³-hybridized carbons (Fsp3) is 0.381. The highest BCUT2D eigenvalue weighted by atomic mass is 16.3. The Hall–Kier alpha value is -2.33. The van der Waals surface area contributed by atoms with Gasteiger partial charge in [0.1, 0.15) is 0 Å². The quantitative estimate of drug-likeness (QED) is 0.918. The second-order valence-electron chi connectivity index (χ2n) is 7.63. The van der Waals surface area contributed by atoms with Crippen LogP contribution in [0.5, 0.6) is 0 Å². The number of urea groups is 1. The lowest BCUT2D eigenvalue weighted by molar-refractivity contribution is 0.219. The van der Waals surface area contributed by atoms with Gasteiger partial charge in [-0.1, -0.05) is 57.2 Å². The third kappa shape index (κ3) is 3.85. The van der Waals surface area contributed by atoms with E-state index >= 15 is 0 Å². The molecular weight excluding hydrogens is 312 g/mol. The number of aliphatic hydroxyl groups is 1. The van der Waals surface area contributed by atoms with Crippen molar-refractivity contribution in [3.63, 3.8) is 0 Å². The monoisotopic (exact) mass is 338 g/mol. The summed E-state index contributed by atoms with van der Waals surface area (Å²) >= 11 is 0. The summed E-state index contributed by atoms with van der Waals surface area (Å²) in [6, 6.07) is 16.1. The zero-order valence-corrected chi connectivity index (χ0v) is 15.2. The van der Waals surface area contributed by atoms with E-state index in [1.165, 1.54) is 5.56 Å². The first-order valence-electron chi connectivity index (χ1n) is 8.74. The van der Waals surface area contributed by atoms with Crippen molar-refractivity contribution in [2.75, 3.05) is 18.0 Å². The summed E-state index contributed by atoms with van der Waals surface area (Å²) in [5, 5.41) is 9.13. The highest BCUT2D eigenvalue weighted by molar-refractivity contribution is 5.94. The molecule has 4 heteroatoms. The maximum absolute atomic E-state index is 12.7. The number of carbonyl (C=O) groups is 1. The lowest BCUT2D eigenvalue weighted by Gasteiger charge is -2.21. The van der Waals surface area contributed by atoms with Crippen molar-refractivity contribution in [2.45, 2.75) is 39.3 Å². The predicted octanol–water partition coefficient (Wildman–Crippen LogP) is 3.92. The maximum atomic E-state index is 12.7. The van der Waals surface area contributed by atoms with Crippen molar-refractivity contribution in [2.24, 2.45) is 0 Å². The van der Waals surface area contributed by atoms with Crippen molar-refractivity contribution in [3.05, 3.63) is 65.2 Å². The number of aliphatic hydroxyl groups excluding tert-OH is 1. The van der Waals surface area contributed by atoms with Crippen LogP contribution in [0.2, 0.25) is 0 Å². The van der Waals surface area contributed by atoms with E-state index < -0.39 is 0 Å². The lowest BCUT2D eigenvalue weighted by Crippen LogP contribution is -2.31. The lowest BCUT2D eigenvalue weighted by atomic mass is 9.87. The molecule has 0 aliphatic carbocycles. The smallest absolute Gasteiger partial charge is 0.324 e. The first kappa shape index (κ1) is 17.5. The van der Waals surface area contributed by atoms with E-state index in [0.717, 1.165) is 23.4 Å². The summed E-state index contributed by atoms with van der Waals surface area (Å²) in [5.74, 6) is 0. The van der Waals surface area contributed by atoms with Gasteiger partial charge in [-0.2, -0.15) is 0 Å². The minimum Gasteiger partial charge on any atom is -0.392 e. The Kier molecular flexibility index (Phi) is 4.82. The Morgan fingerprint density at radius 2 is 1.52 bits per heavy atom. The van der Waals surface area contributed by atoms with Crippen LogP contribution in [0.4, 0.5) is 10.5 Å². The molecule has 2 aromatic carbocycles. The van der Waals surface area contributed by atoms with Crippen LogP contribution in [0.25, 0.3) is 0 Å². The molecule has 2 aromatic rings. The van der Waals surface area contributed by atoms with Crippen molar-refractivity contribution < 1.29 is 9.90 Å². The first-order valence-corrected chi connectivity index (χ1v) is 8.74. The number of benzene rings is 2. The number of nitrogens with zero attached hydrogens (tertiary/aromatic N) is 2. The largest absolute Gasteiger partial charge is 0.392 e. The van der Waals surface area contributed by atoms with Gasteiger partial charge in [0.25, 0.3) is 0 Å². The molecule has 1 saturated heterocycles. The van der Waals surface area contributed by atoms with Gasteiger partial charge in [0, 0.05) is 25.3 Å². The van der Waals surface area contributed by atoms with Gasteiger partial charge < -0.3 is 10.0 Å². The molecule has 132 valence electrons. The zero-order chi connectivity index (χ0) is 18.0. The zero-order valence-electron chi connectivity index (χ0n) is 15.2. The van der Waals surface area contributed by atoms with E-state index in [4.69, 9.17) is 5.11 Å². The van der Waals surface area contributed by atoms with Crippen LogP contribution < -0.4 is 4.90 Å². The average Bonchev–Trinajstić information content (AvgIpc) is 2.95. The van der Waals surface area contributed by atoms with E-state index in [-0.39, 0.29) is 18.1 Å². The molecule has 1 N–H and O–H groups in total. The molecule has 2 amide bonds. The van der Waals surface area contributed by atoms with Crippen LogP contribution in [0.3, 0.4) is 0 Å². The second kappa shape index (κ2) is 6.89. The van der Waals surface area contributed by atoms with E-state index in [1.54, 1.807) is 4.90 Å². The molecule has 0 atom stereocenters. The van der Waals surface area contributed by atoms with Crippen LogP contribution in [-0.2, 0) is 18.6 Å². The Bertz CT molecular complexity index is 730. The molecule has 1 fully saturated rings. The van der Waals surface area contributed by atoms with Crippen molar-refractivity contribution in [1.82, 2.24) is 4.90 Å². The molecule has 0 saturated carbocycles. The molecule has 0 radical (unpaired) electrons. The Morgan fingerprint density at radius 1 is 0.920 bits per heavy atom. The minimum atomic E-state index is 0.0188. The fourth-order valence-corrected chi connectivity index (χ4v) is 3.08. The van der Waals surface area contributed by atoms with Crippen LogP contribution >= 0.6 is 0 Å². The summed E-state index contributed by atoms with van der Waals surface area (Å²) in [6.07, 6.45) is 0. The molecular formula is C21H26N2O2. The third-order valence-electron chi connectivity index (χ3n) is 4.72. The molecule has 1 aliphatic rings. The minimum absolute atomic E-state index is 0.0188. The molecule has 1 heterocycles. The van der Waals surface area contributed by atoms with Crippen LogP contribution in [0, 0.1) is 0 Å². The molecule has 3 rings (SSSR count). The van der Waals surface area contributed by atoms with Gasteiger partial charge in [0.05, 0.1) is 6.61 Å². The number of carbonyl (C=O) groups excluding carboxylic acids is 1. The van der Waals surface area contributed by atoms with Crippen LogP contribution in [-0.4, -0.2) is 29.1 Å². The maximum Gasteiger partial charge on any atom is 0.324 e. The molecule has 25 heavy (non-hydrogen) atoms. The molecule has 1 aliphatic heterocycles. The van der Waals surface area contributed by atoms with Gasteiger partial charge in [-0.05, 0) is 34.2 Å². The van der Waals surface area contributed by atoms with Crippen molar-refractivity contribution in [3.8, 4) is 0 Å². The van der Waals surface area contributed by atoms with Crippen molar-refractivity contribution >= 4 is 11.7 Å². The summed E-state index contributed by atoms with van der Waals surface area (Å²) < 4.78 is 0. The third-order valence-corrected chi connectivity index (χ3v) is 4.72. The standard InChI is InChI=1S/C21H26N2O2/c1-21(2,3)18-8-4-16(5-9-18)14-22-12-13-23(20(22)25)19-10-6-17(15-24)7-11-19/h4-11,24H,12-15H2,1-3H3. The number of hydrogen-bond acceptors (Lipinski definition) is 2. The van der Waals surface area contributed by atoms with Crippen molar-refractivity contribution in [1.29, 1.82) is 0 Å². The first-order chi connectivity index (χ1) is 11.9. The molecule has 0 bridgehead atoms. The number of amides is 2. The van der Waals surface area contributed by atoms with Gasteiger partial charge in [-0.15, -0.1) is 0 Å². The van der Waals surface area contributed by atoms with Gasteiger partial charge in [-0.3, -0.25) is 4.90 Å². The summed E-state index contributed by atoms with van der Waals surface area (Å²) in [4.78, 5) is 16.4.